The van der Waals surface area contributed by atoms with Crippen molar-refractivity contribution in [2.45, 2.75) is 18.8 Å². The summed E-state index contributed by atoms with van der Waals surface area (Å²) in [6.45, 7) is 0. The summed E-state index contributed by atoms with van der Waals surface area (Å²) in [5.41, 5.74) is 7.22. The topological polar surface area (TPSA) is 74.2 Å². The van der Waals surface area contributed by atoms with Crippen LogP contribution in [-0.4, -0.2) is 17.3 Å². The first-order valence-electron chi connectivity index (χ1n) is 5.55. The zero-order valence-electron chi connectivity index (χ0n) is 9.51. The number of benzene rings is 1. The second-order valence-corrected chi connectivity index (χ2v) is 4.19. The highest BCUT2D eigenvalue weighted by molar-refractivity contribution is 5.65. The molecule has 17 heavy (non-hydrogen) atoms. The molecule has 0 bridgehead atoms. The zero-order valence-corrected chi connectivity index (χ0v) is 9.51. The number of ether oxygens (including phenoxy) is 1. The molecule has 2 N–H and O–H groups in total. The largest absolute Gasteiger partial charge is 0.495 e. The number of nitrogens with two attached hydrogens (primary N) is 1. The molecule has 1 aliphatic carbocycles. The van der Waals surface area contributed by atoms with Crippen molar-refractivity contribution in [1.29, 1.82) is 0 Å². The van der Waals surface area contributed by atoms with Gasteiger partial charge in [-0.2, -0.15) is 4.98 Å². The van der Waals surface area contributed by atoms with Crippen LogP contribution >= 0.6 is 0 Å². The van der Waals surface area contributed by atoms with Gasteiger partial charge in [-0.1, -0.05) is 5.16 Å². The van der Waals surface area contributed by atoms with E-state index in [1.54, 1.807) is 19.2 Å². The highest BCUT2D eigenvalue weighted by Gasteiger charge is 2.29. The number of methoxy groups -OCH3 is 1. The van der Waals surface area contributed by atoms with Crippen molar-refractivity contribution in [3.63, 3.8) is 0 Å². The molecule has 1 heterocycles. The molecular weight excluding hydrogens is 218 g/mol. The maximum atomic E-state index is 5.83. The Hall–Kier alpha value is -2.04. The van der Waals surface area contributed by atoms with E-state index in [-0.39, 0.29) is 0 Å². The van der Waals surface area contributed by atoms with Crippen molar-refractivity contribution in [3.8, 4) is 17.2 Å². The van der Waals surface area contributed by atoms with Crippen LogP contribution in [0.1, 0.15) is 24.6 Å². The smallest absolute Gasteiger partial charge is 0.258 e. The van der Waals surface area contributed by atoms with E-state index < -0.39 is 0 Å². The van der Waals surface area contributed by atoms with Gasteiger partial charge in [-0.15, -0.1) is 0 Å². The molecule has 0 spiro atoms. The molecule has 0 atom stereocenters. The Balaban J connectivity index is 1.93. The van der Waals surface area contributed by atoms with Crippen molar-refractivity contribution >= 4 is 5.69 Å². The van der Waals surface area contributed by atoms with E-state index in [4.69, 9.17) is 15.0 Å². The van der Waals surface area contributed by atoms with Gasteiger partial charge in [0.1, 0.15) is 5.75 Å². The second kappa shape index (κ2) is 3.76. The first kappa shape index (κ1) is 10.1. The van der Waals surface area contributed by atoms with E-state index in [2.05, 4.69) is 10.1 Å². The van der Waals surface area contributed by atoms with Crippen LogP contribution in [0.15, 0.2) is 22.7 Å². The maximum absolute atomic E-state index is 5.83. The van der Waals surface area contributed by atoms with Crippen LogP contribution in [0.4, 0.5) is 5.69 Å². The Kier molecular flexibility index (Phi) is 2.24. The Bertz CT molecular complexity index is 546. The molecule has 2 aromatic rings. The molecule has 0 aliphatic heterocycles. The van der Waals surface area contributed by atoms with Crippen LogP contribution in [-0.2, 0) is 0 Å². The van der Waals surface area contributed by atoms with Gasteiger partial charge < -0.3 is 15.0 Å². The molecule has 1 aliphatic rings. The van der Waals surface area contributed by atoms with Gasteiger partial charge in [-0.25, -0.2) is 0 Å². The standard InChI is InChI=1S/C12H13N3O2/c1-16-10-5-4-8(6-9(10)13)12-14-11(15-17-12)7-2-3-7/h4-7H,2-3,13H2,1H3. The lowest BCUT2D eigenvalue weighted by atomic mass is 10.2. The molecule has 5 nitrogen and oxygen atoms in total. The minimum absolute atomic E-state index is 0.489. The summed E-state index contributed by atoms with van der Waals surface area (Å²) in [6.07, 6.45) is 2.31. The summed E-state index contributed by atoms with van der Waals surface area (Å²) in [5.74, 6) is 2.45. The Morgan fingerprint density at radius 1 is 1.41 bits per heavy atom. The van der Waals surface area contributed by atoms with Crippen LogP contribution in [0.25, 0.3) is 11.5 Å². The second-order valence-electron chi connectivity index (χ2n) is 4.19. The quantitative estimate of drug-likeness (QED) is 0.820. The normalized spacial score (nSPS) is 14.9. The molecule has 88 valence electrons. The number of aromatic nitrogens is 2. The molecule has 5 heteroatoms. The predicted molar refractivity (Wildman–Crippen MR) is 62.7 cm³/mol. The Labute approximate surface area is 98.6 Å². The average Bonchev–Trinajstić information content (AvgIpc) is 3.07. The Morgan fingerprint density at radius 3 is 2.88 bits per heavy atom. The van der Waals surface area contributed by atoms with Crippen molar-refractivity contribution < 1.29 is 9.26 Å². The van der Waals surface area contributed by atoms with Gasteiger partial charge in [-0.05, 0) is 31.0 Å². The molecule has 0 saturated heterocycles. The van der Waals surface area contributed by atoms with E-state index in [9.17, 15) is 0 Å². The van der Waals surface area contributed by atoms with Crippen LogP contribution in [0, 0.1) is 0 Å². The average molecular weight is 231 g/mol. The molecule has 0 radical (unpaired) electrons. The fourth-order valence-corrected chi connectivity index (χ4v) is 1.73. The summed E-state index contributed by atoms with van der Waals surface area (Å²) in [5, 5.41) is 3.97. The summed E-state index contributed by atoms with van der Waals surface area (Å²) in [4.78, 5) is 4.36. The molecular formula is C12H13N3O2. The van der Waals surface area contributed by atoms with Crippen molar-refractivity contribution in [2.24, 2.45) is 0 Å². The number of nitrogens with zero attached hydrogens (tertiary/aromatic N) is 2. The zero-order chi connectivity index (χ0) is 11.8. The van der Waals surface area contributed by atoms with Crippen LogP contribution in [0.2, 0.25) is 0 Å². The minimum atomic E-state index is 0.489. The van der Waals surface area contributed by atoms with Crippen molar-refractivity contribution in [3.05, 3.63) is 24.0 Å². The first-order valence-corrected chi connectivity index (χ1v) is 5.55. The lowest BCUT2D eigenvalue weighted by molar-refractivity contribution is 0.416. The molecule has 0 unspecified atom stereocenters. The lowest BCUT2D eigenvalue weighted by Gasteiger charge is -2.04. The molecule has 1 aromatic heterocycles. The first-order chi connectivity index (χ1) is 8.28. The number of hydrogen-bond acceptors (Lipinski definition) is 5. The summed E-state index contributed by atoms with van der Waals surface area (Å²) < 4.78 is 10.3. The molecule has 1 fully saturated rings. The van der Waals surface area contributed by atoms with Gasteiger partial charge >= 0.3 is 0 Å². The van der Waals surface area contributed by atoms with E-state index in [1.807, 2.05) is 6.07 Å². The lowest BCUT2D eigenvalue weighted by Crippen LogP contribution is -1.92. The fraction of sp³-hybridized carbons (Fsp3) is 0.333. The van der Waals surface area contributed by atoms with E-state index in [1.165, 1.54) is 0 Å². The van der Waals surface area contributed by atoms with E-state index >= 15 is 0 Å². The van der Waals surface area contributed by atoms with Crippen LogP contribution in [0.3, 0.4) is 0 Å². The van der Waals surface area contributed by atoms with Gasteiger partial charge in [0.05, 0.1) is 12.8 Å². The minimum Gasteiger partial charge on any atom is -0.495 e. The van der Waals surface area contributed by atoms with Gasteiger partial charge in [0.2, 0.25) is 0 Å². The predicted octanol–water partition coefficient (Wildman–Crippen LogP) is 2.20. The molecule has 3 rings (SSSR count). The summed E-state index contributed by atoms with van der Waals surface area (Å²) in [7, 11) is 1.59. The third-order valence-corrected chi connectivity index (χ3v) is 2.86. The summed E-state index contributed by atoms with van der Waals surface area (Å²) >= 11 is 0. The number of hydrogen-bond donors (Lipinski definition) is 1. The van der Waals surface area contributed by atoms with Gasteiger partial charge in [0.15, 0.2) is 5.82 Å². The van der Waals surface area contributed by atoms with Crippen molar-refractivity contribution in [1.82, 2.24) is 10.1 Å². The molecule has 1 aromatic carbocycles. The van der Waals surface area contributed by atoms with Crippen molar-refractivity contribution in [2.75, 3.05) is 12.8 Å². The van der Waals surface area contributed by atoms with Gasteiger partial charge in [0, 0.05) is 11.5 Å². The highest BCUT2D eigenvalue weighted by Crippen LogP contribution is 2.39. The summed E-state index contributed by atoms with van der Waals surface area (Å²) in [6, 6.07) is 5.44. The van der Waals surface area contributed by atoms with Gasteiger partial charge in [0.25, 0.3) is 5.89 Å². The monoisotopic (exact) mass is 231 g/mol. The highest BCUT2D eigenvalue weighted by atomic mass is 16.5. The van der Waals surface area contributed by atoms with E-state index in [0.29, 0.717) is 23.2 Å². The Morgan fingerprint density at radius 2 is 2.24 bits per heavy atom. The number of anilines is 1. The maximum Gasteiger partial charge on any atom is 0.258 e. The van der Waals surface area contributed by atoms with Gasteiger partial charge in [-0.3, -0.25) is 0 Å². The van der Waals surface area contributed by atoms with Crippen LogP contribution in [0.5, 0.6) is 5.75 Å². The third-order valence-electron chi connectivity index (χ3n) is 2.86. The number of rotatable bonds is 3. The van der Waals surface area contributed by atoms with E-state index in [0.717, 1.165) is 24.2 Å². The molecule has 1 saturated carbocycles. The fourth-order valence-electron chi connectivity index (χ4n) is 1.73. The third kappa shape index (κ3) is 1.84. The molecule has 0 amide bonds. The number of nitrogen functional groups attached to an aromatic ring is 1. The SMILES string of the molecule is COc1ccc(-c2nc(C3CC3)no2)cc1N. The van der Waals surface area contributed by atoms with Crippen LogP contribution < -0.4 is 10.5 Å².